The molecule has 0 saturated carbocycles. The van der Waals surface area contributed by atoms with Crippen LogP contribution in [0, 0.1) is 0 Å². The number of ether oxygens (including phenoxy) is 1. The molecule has 2 aromatic heterocycles. The Labute approximate surface area is 132 Å². The number of hydrogen-bond donors (Lipinski definition) is 2. The summed E-state index contributed by atoms with van der Waals surface area (Å²) >= 11 is 0. The first-order chi connectivity index (χ1) is 11.2. The van der Waals surface area contributed by atoms with Gasteiger partial charge < -0.3 is 10.1 Å². The molecule has 7 heteroatoms. The summed E-state index contributed by atoms with van der Waals surface area (Å²) in [7, 11) is 0. The van der Waals surface area contributed by atoms with Gasteiger partial charge in [-0.2, -0.15) is 10.2 Å². The van der Waals surface area contributed by atoms with Gasteiger partial charge in [-0.3, -0.25) is 14.6 Å². The van der Waals surface area contributed by atoms with E-state index in [0.29, 0.717) is 13.2 Å². The van der Waals surface area contributed by atoms with Crippen LogP contribution in [-0.4, -0.2) is 25.9 Å². The number of carbonyl (C=O) groups is 1. The molecule has 7 nitrogen and oxygen atoms in total. The lowest BCUT2D eigenvalue weighted by molar-refractivity contribution is -0.114. The van der Waals surface area contributed by atoms with Gasteiger partial charge in [-0.25, -0.2) is 0 Å². The number of anilines is 1. The van der Waals surface area contributed by atoms with Crippen LogP contribution in [0.1, 0.15) is 18.2 Å². The minimum atomic E-state index is -0.101. The number of carbonyl (C=O) groups excluding carboxylic acids is 1. The highest BCUT2D eigenvalue weighted by Crippen LogP contribution is 2.29. The quantitative estimate of drug-likeness (QED) is 0.760. The van der Waals surface area contributed by atoms with Crippen LogP contribution in [0.2, 0.25) is 0 Å². The molecule has 23 heavy (non-hydrogen) atoms. The van der Waals surface area contributed by atoms with Gasteiger partial charge in [-0.15, -0.1) is 0 Å². The van der Waals surface area contributed by atoms with Crippen molar-refractivity contribution in [2.75, 3.05) is 5.32 Å². The number of aromatic nitrogens is 4. The highest BCUT2D eigenvalue weighted by Gasteiger charge is 2.17. The molecule has 0 aliphatic carbocycles. The van der Waals surface area contributed by atoms with Crippen LogP contribution in [0.5, 0.6) is 5.75 Å². The van der Waals surface area contributed by atoms with Crippen LogP contribution >= 0.6 is 0 Å². The van der Waals surface area contributed by atoms with E-state index in [1.165, 1.54) is 6.92 Å². The molecule has 0 spiro atoms. The second-order valence-electron chi connectivity index (χ2n) is 5.46. The molecular formula is C16H15N5O2. The molecule has 0 unspecified atom stereocenters. The Morgan fingerprint density at radius 2 is 2.30 bits per heavy atom. The summed E-state index contributed by atoms with van der Waals surface area (Å²) < 4.78 is 7.83. The van der Waals surface area contributed by atoms with Gasteiger partial charge in [0, 0.05) is 36.0 Å². The van der Waals surface area contributed by atoms with Crippen molar-refractivity contribution in [2.24, 2.45) is 0 Å². The summed E-state index contributed by atoms with van der Waals surface area (Å²) in [6.45, 7) is 2.55. The molecule has 0 bridgehead atoms. The summed E-state index contributed by atoms with van der Waals surface area (Å²) in [5.41, 5.74) is 4.58. The van der Waals surface area contributed by atoms with Gasteiger partial charge in [0.15, 0.2) is 0 Å². The fraction of sp³-hybridized carbons (Fsp3) is 0.188. The Bertz CT molecular complexity index is 867. The van der Waals surface area contributed by atoms with E-state index in [4.69, 9.17) is 4.74 Å². The van der Waals surface area contributed by atoms with Crippen molar-refractivity contribution in [3.63, 3.8) is 0 Å². The normalized spacial score (nSPS) is 12.7. The number of nitrogens with one attached hydrogen (secondary N) is 2. The Kier molecular flexibility index (Phi) is 3.11. The second kappa shape index (κ2) is 5.28. The van der Waals surface area contributed by atoms with Crippen molar-refractivity contribution in [3.05, 3.63) is 47.9 Å². The summed E-state index contributed by atoms with van der Waals surface area (Å²) in [6.07, 6.45) is 3.56. The predicted molar refractivity (Wildman–Crippen MR) is 84.0 cm³/mol. The molecule has 0 radical (unpaired) electrons. The number of amides is 1. The number of benzene rings is 1. The van der Waals surface area contributed by atoms with Gasteiger partial charge in [-0.05, 0) is 12.1 Å². The largest absolute Gasteiger partial charge is 0.487 e. The number of H-pyrrole nitrogens is 1. The first-order valence-electron chi connectivity index (χ1n) is 7.28. The van der Waals surface area contributed by atoms with Crippen LogP contribution in [0.4, 0.5) is 5.69 Å². The molecule has 2 N–H and O–H groups in total. The number of fused-ring (bicyclic) bond motifs is 2. The van der Waals surface area contributed by atoms with Crippen LogP contribution in [0.25, 0.3) is 11.3 Å². The SMILES string of the molecule is CC(=O)Nc1ccc2c(c1)OCc1cc(-c3cn[nH]c3)nn1C2. The zero-order chi connectivity index (χ0) is 15.8. The summed E-state index contributed by atoms with van der Waals surface area (Å²) in [5.74, 6) is 0.669. The number of hydrogen-bond acceptors (Lipinski definition) is 4. The second-order valence-corrected chi connectivity index (χ2v) is 5.46. The molecule has 116 valence electrons. The maximum atomic E-state index is 11.2. The monoisotopic (exact) mass is 309 g/mol. The molecular weight excluding hydrogens is 294 g/mol. The van der Waals surface area contributed by atoms with Gasteiger partial charge in [0.05, 0.1) is 24.1 Å². The zero-order valence-corrected chi connectivity index (χ0v) is 12.5. The third-order valence-corrected chi connectivity index (χ3v) is 3.74. The molecule has 1 aliphatic rings. The van der Waals surface area contributed by atoms with Gasteiger partial charge in [0.1, 0.15) is 12.4 Å². The van der Waals surface area contributed by atoms with E-state index in [-0.39, 0.29) is 5.91 Å². The maximum absolute atomic E-state index is 11.2. The first kappa shape index (κ1) is 13.6. The Hall–Kier alpha value is -3.09. The minimum absolute atomic E-state index is 0.101. The molecule has 1 aromatic carbocycles. The minimum Gasteiger partial charge on any atom is -0.487 e. The van der Waals surface area contributed by atoms with E-state index in [9.17, 15) is 4.79 Å². The van der Waals surface area contributed by atoms with E-state index in [1.54, 1.807) is 6.20 Å². The average Bonchev–Trinajstić information content (AvgIpc) is 3.14. The van der Waals surface area contributed by atoms with Gasteiger partial charge >= 0.3 is 0 Å². The van der Waals surface area contributed by atoms with Crippen molar-refractivity contribution < 1.29 is 9.53 Å². The average molecular weight is 309 g/mol. The molecule has 4 rings (SSSR count). The van der Waals surface area contributed by atoms with E-state index in [2.05, 4.69) is 20.6 Å². The third-order valence-electron chi connectivity index (χ3n) is 3.74. The molecule has 1 aliphatic heterocycles. The van der Waals surface area contributed by atoms with Crippen molar-refractivity contribution in [3.8, 4) is 17.0 Å². The Morgan fingerprint density at radius 1 is 1.39 bits per heavy atom. The third kappa shape index (κ3) is 2.57. The van der Waals surface area contributed by atoms with E-state index in [1.807, 2.05) is 35.1 Å². The van der Waals surface area contributed by atoms with Crippen molar-refractivity contribution in [1.82, 2.24) is 20.0 Å². The summed E-state index contributed by atoms with van der Waals surface area (Å²) in [5, 5.41) is 14.1. The number of rotatable bonds is 2. The van der Waals surface area contributed by atoms with Crippen LogP contribution in [-0.2, 0) is 17.9 Å². The standard InChI is InChI=1S/C16H15N5O2/c1-10(22)19-13-3-2-11-8-21-14(9-23-16(11)4-13)5-15(20-21)12-6-17-18-7-12/h2-7H,8-9H2,1H3,(H,17,18)(H,19,22). The van der Waals surface area contributed by atoms with Crippen LogP contribution in [0.3, 0.4) is 0 Å². The van der Waals surface area contributed by atoms with Gasteiger partial charge in [0.25, 0.3) is 0 Å². The van der Waals surface area contributed by atoms with E-state index in [0.717, 1.165) is 34.0 Å². The Morgan fingerprint density at radius 3 is 3.09 bits per heavy atom. The maximum Gasteiger partial charge on any atom is 0.221 e. The van der Waals surface area contributed by atoms with Crippen LogP contribution < -0.4 is 10.1 Å². The first-order valence-corrected chi connectivity index (χ1v) is 7.28. The van der Waals surface area contributed by atoms with Gasteiger partial charge in [-0.1, -0.05) is 6.07 Å². The topological polar surface area (TPSA) is 84.8 Å². The lowest BCUT2D eigenvalue weighted by Crippen LogP contribution is -2.06. The molecule has 0 saturated heterocycles. The van der Waals surface area contributed by atoms with Crippen LogP contribution in [0.15, 0.2) is 36.7 Å². The molecule has 0 fully saturated rings. The van der Waals surface area contributed by atoms with Crippen molar-refractivity contribution in [2.45, 2.75) is 20.1 Å². The summed E-state index contributed by atoms with van der Waals surface area (Å²) in [4.78, 5) is 11.2. The summed E-state index contributed by atoms with van der Waals surface area (Å²) in [6, 6.07) is 7.68. The molecule has 3 aromatic rings. The van der Waals surface area contributed by atoms with Crippen molar-refractivity contribution in [1.29, 1.82) is 0 Å². The molecule has 1 amide bonds. The fourth-order valence-corrected chi connectivity index (χ4v) is 2.65. The van der Waals surface area contributed by atoms with Gasteiger partial charge in [0.2, 0.25) is 5.91 Å². The highest BCUT2D eigenvalue weighted by atomic mass is 16.5. The van der Waals surface area contributed by atoms with Crippen molar-refractivity contribution >= 4 is 11.6 Å². The molecule has 3 heterocycles. The highest BCUT2D eigenvalue weighted by molar-refractivity contribution is 5.88. The van der Waals surface area contributed by atoms with E-state index >= 15 is 0 Å². The fourth-order valence-electron chi connectivity index (χ4n) is 2.65. The molecule has 0 atom stereocenters. The number of nitrogens with zero attached hydrogens (tertiary/aromatic N) is 3. The zero-order valence-electron chi connectivity index (χ0n) is 12.5. The lowest BCUT2D eigenvalue weighted by Gasteiger charge is -2.09. The predicted octanol–water partition coefficient (Wildman–Crippen LogP) is 2.17. The number of aromatic amines is 1. The smallest absolute Gasteiger partial charge is 0.221 e. The Balaban J connectivity index is 1.65. The lowest BCUT2D eigenvalue weighted by atomic mass is 10.2. The van der Waals surface area contributed by atoms with E-state index < -0.39 is 0 Å².